The molecule has 1 saturated carbocycles. The fourth-order valence-electron chi connectivity index (χ4n) is 3.75. The highest BCUT2D eigenvalue weighted by molar-refractivity contribution is 5.82. The first-order valence-corrected chi connectivity index (χ1v) is 7.56. The van der Waals surface area contributed by atoms with Crippen molar-refractivity contribution in [3.63, 3.8) is 0 Å². The average molecular weight is 268 g/mol. The number of carbonyl (C=O) groups is 1. The van der Waals surface area contributed by atoms with Crippen LogP contribution in [0.5, 0.6) is 0 Å². The highest BCUT2D eigenvalue weighted by Crippen LogP contribution is 2.31. The summed E-state index contributed by atoms with van der Waals surface area (Å²) < 4.78 is 0. The summed E-state index contributed by atoms with van der Waals surface area (Å²) in [6.45, 7) is 6.04. The lowest BCUT2D eigenvalue weighted by atomic mass is 9.88. The monoisotopic (exact) mass is 268 g/mol. The van der Waals surface area contributed by atoms with Gasteiger partial charge in [0.05, 0.1) is 6.61 Å². The molecule has 2 rings (SSSR count). The van der Waals surface area contributed by atoms with Crippen molar-refractivity contribution in [3.05, 3.63) is 0 Å². The van der Waals surface area contributed by atoms with E-state index in [1.807, 2.05) is 7.05 Å². The number of likely N-dealkylation sites (N-methyl/N-ethyl adjacent to an activating group) is 1. The molecule has 19 heavy (non-hydrogen) atoms. The molecule has 2 fully saturated rings. The third-order valence-electron chi connectivity index (χ3n) is 4.55. The van der Waals surface area contributed by atoms with Crippen LogP contribution in [0.25, 0.3) is 0 Å². The highest BCUT2D eigenvalue weighted by atomic mass is 16.3. The number of nitrogens with zero attached hydrogens (tertiary/aromatic N) is 2. The zero-order valence-corrected chi connectivity index (χ0v) is 12.6. The van der Waals surface area contributed by atoms with Gasteiger partial charge < -0.3 is 10.0 Å². The minimum absolute atomic E-state index is 0.0598. The molecule has 110 valence electrons. The molecule has 1 unspecified atom stereocenters. The third kappa shape index (κ3) is 3.29. The van der Waals surface area contributed by atoms with Gasteiger partial charge in [0.1, 0.15) is 6.04 Å². The lowest BCUT2D eigenvalue weighted by Gasteiger charge is -2.40. The Hall–Kier alpha value is -0.610. The predicted octanol–water partition coefficient (Wildman–Crippen LogP) is 1.48. The maximum Gasteiger partial charge on any atom is 0.242 e. The molecule has 1 N–H and O–H groups in total. The molecule has 1 amide bonds. The van der Waals surface area contributed by atoms with Crippen molar-refractivity contribution in [2.24, 2.45) is 5.41 Å². The molecule has 4 heteroatoms. The van der Waals surface area contributed by atoms with E-state index in [1.54, 1.807) is 4.90 Å². The fourth-order valence-corrected chi connectivity index (χ4v) is 3.75. The molecule has 4 nitrogen and oxygen atoms in total. The Morgan fingerprint density at radius 1 is 1.21 bits per heavy atom. The van der Waals surface area contributed by atoms with E-state index in [-0.39, 0.29) is 24.0 Å². The number of aliphatic hydroxyl groups is 1. The van der Waals surface area contributed by atoms with E-state index in [4.69, 9.17) is 0 Å². The number of amides is 1. The van der Waals surface area contributed by atoms with Gasteiger partial charge in [0, 0.05) is 26.2 Å². The SMILES string of the molecule is CN1CC(C)(C)CN(C2CCCCC2)C(CO)C1=O. The summed E-state index contributed by atoms with van der Waals surface area (Å²) in [6.07, 6.45) is 6.16. The molecular formula is C15H28N2O2. The summed E-state index contributed by atoms with van der Waals surface area (Å²) in [4.78, 5) is 16.5. The second-order valence-electron chi connectivity index (χ2n) is 7.02. The van der Waals surface area contributed by atoms with Crippen LogP contribution in [0.2, 0.25) is 0 Å². The molecule has 1 atom stereocenters. The third-order valence-corrected chi connectivity index (χ3v) is 4.55. The molecule has 0 radical (unpaired) electrons. The Bertz CT molecular complexity index is 324. The fraction of sp³-hybridized carbons (Fsp3) is 0.933. The van der Waals surface area contributed by atoms with Gasteiger partial charge in [-0.2, -0.15) is 0 Å². The summed E-state index contributed by atoms with van der Waals surface area (Å²) in [6, 6.07) is 0.135. The Kier molecular flexibility index (Phi) is 4.51. The lowest BCUT2D eigenvalue weighted by molar-refractivity contribution is -0.136. The summed E-state index contributed by atoms with van der Waals surface area (Å²) in [5, 5.41) is 9.69. The van der Waals surface area contributed by atoms with Gasteiger partial charge in [-0.25, -0.2) is 0 Å². The van der Waals surface area contributed by atoms with Crippen LogP contribution in [0.3, 0.4) is 0 Å². The lowest BCUT2D eigenvalue weighted by Crippen LogP contribution is -2.52. The van der Waals surface area contributed by atoms with Crippen LogP contribution < -0.4 is 0 Å². The van der Waals surface area contributed by atoms with Crippen molar-refractivity contribution in [1.29, 1.82) is 0 Å². The van der Waals surface area contributed by atoms with Gasteiger partial charge in [0.2, 0.25) is 5.91 Å². The molecule has 0 aromatic heterocycles. The Morgan fingerprint density at radius 3 is 2.42 bits per heavy atom. The summed E-state index contributed by atoms with van der Waals surface area (Å²) in [5.41, 5.74) is 0.0891. The van der Waals surface area contributed by atoms with Gasteiger partial charge in [-0.1, -0.05) is 33.1 Å². The van der Waals surface area contributed by atoms with Gasteiger partial charge in [-0.05, 0) is 18.3 Å². The van der Waals surface area contributed by atoms with Gasteiger partial charge in [0.15, 0.2) is 0 Å². The van der Waals surface area contributed by atoms with E-state index in [0.717, 1.165) is 13.1 Å². The van der Waals surface area contributed by atoms with Crippen LogP contribution in [0.15, 0.2) is 0 Å². The zero-order chi connectivity index (χ0) is 14.0. The molecule has 0 spiro atoms. The molecule has 0 aromatic carbocycles. The maximum atomic E-state index is 12.4. The van der Waals surface area contributed by atoms with Crippen LogP contribution in [0.4, 0.5) is 0 Å². The topological polar surface area (TPSA) is 43.8 Å². The second kappa shape index (κ2) is 5.80. The average Bonchev–Trinajstić information content (AvgIpc) is 2.46. The van der Waals surface area contributed by atoms with Crippen molar-refractivity contribution < 1.29 is 9.90 Å². The molecule has 0 bridgehead atoms. The number of aliphatic hydroxyl groups excluding tert-OH is 1. The number of hydrogen-bond donors (Lipinski definition) is 1. The molecule has 0 aromatic rings. The van der Waals surface area contributed by atoms with E-state index >= 15 is 0 Å². The van der Waals surface area contributed by atoms with E-state index in [1.165, 1.54) is 32.1 Å². The number of carbonyl (C=O) groups excluding carboxylic acids is 1. The van der Waals surface area contributed by atoms with E-state index < -0.39 is 0 Å². The van der Waals surface area contributed by atoms with Crippen LogP contribution in [-0.2, 0) is 4.79 Å². The maximum absolute atomic E-state index is 12.4. The van der Waals surface area contributed by atoms with E-state index in [9.17, 15) is 9.90 Å². The van der Waals surface area contributed by atoms with Crippen LogP contribution in [-0.4, -0.2) is 59.6 Å². The Morgan fingerprint density at radius 2 is 1.84 bits per heavy atom. The van der Waals surface area contributed by atoms with Crippen LogP contribution in [0.1, 0.15) is 46.0 Å². The van der Waals surface area contributed by atoms with Gasteiger partial charge in [-0.15, -0.1) is 0 Å². The Balaban J connectivity index is 2.22. The van der Waals surface area contributed by atoms with Crippen molar-refractivity contribution >= 4 is 5.91 Å². The van der Waals surface area contributed by atoms with Crippen LogP contribution >= 0.6 is 0 Å². The molecule has 1 aliphatic carbocycles. The van der Waals surface area contributed by atoms with E-state index in [2.05, 4.69) is 18.7 Å². The summed E-state index contributed by atoms with van der Waals surface area (Å²) in [7, 11) is 1.86. The normalized spacial score (nSPS) is 30.4. The van der Waals surface area contributed by atoms with Crippen molar-refractivity contribution in [2.75, 3.05) is 26.7 Å². The molecule has 1 aliphatic heterocycles. The first-order valence-electron chi connectivity index (χ1n) is 7.56. The molecule has 2 aliphatic rings. The zero-order valence-electron chi connectivity index (χ0n) is 12.6. The van der Waals surface area contributed by atoms with Crippen molar-refractivity contribution in [3.8, 4) is 0 Å². The molecule has 1 saturated heterocycles. The van der Waals surface area contributed by atoms with Crippen LogP contribution in [0, 0.1) is 5.41 Å². The first-order chi connectivity index (χ1) is 8.94. The number of rotatable bonds is 2. The standard InChI is InChI=1S/C15H28N2O2/c1-15(2)10-16(3)14(19)13(9-18)17(11-15)12-7-5-4-6-8-12/h12-13,18H,4-11H2,1-3H3. The number of hydrogen-bond acceptors (Lipinski definition) is 3. The van der Waals surface area contributed by atoms with Crippen molar-refractivity contribution in [2.45, 2.75) is 58.0 Å². The Labute approximate surface area is 116 Å². The minimum atomic E-state index is -0.338. The van der Waals surface area contributed by atoms with E-state index in [0.29, 0.717) is 6.04 Å². The van der Waals surface area contributed by atoms with Gasteiger partial charge >= 0.3 is 0 Å². The second-order valence-corrected chi connectivity index (χ2v) is 7.02. The van der Waals surface area contributed by atoms with Crippen molar-refractivity contribution in [1.82, 2.24) is 9.80 Å². The minimum Gasteiger partial charge on any atom is -0.394 e. The largest absolute Gasteiger partial charge is 0.394 e. The highest BCUT2D eigenvalue weighted by Gasteiger charge is 2.40. The predicted molar refractivity (Wildman–Crippen MR) is 75.9 cm³/mol. The quantitative estimate of drug-likeness (QED) is 0.825. The van der Waals surface area contributed by atoms with Gasteiger partial charge in [0.25, 0.3) is 0 Å². The first kappa shape index (κ1) is 14.8. The van der Waals surface area contributed by atoms with Gasteiger partial charge in [-0.3, -0.25) is 9.69 Å². The smallest absolute Gasteiger partial charge is 0.242 e. The summed E-state index contributed by atoms with van der Waals surface area (Å²) >= 11 is 0. The summed E-state index contributed by atoms with van der Waals surface area (Å²) in [5.74, 6) is 0.0821. The molecule has 1 heterocycles. The molecular weight excluding hydrogens is 240 g/mol.